The molecule has 100 valence electrons. The average Bonchev–Trinajstić information content (AvgIpc) is 2.37. The summed E-state index contributed by atoms with van der Waals surface area (Å²) in [6.45, 7) is 2.29. The molecule has 0 fully saturated rings. The summed E-state index contributed by atoms with van der Waals surface area (Å²) in [6, 6.07) is 4.56. The fourth-order valence-electron chi connectivity index (χ4n) is 1.80. The predicted molar refractivity (Wildman–Crippen MR) is 69.2 cm³/mol. The first-order valence-electron chi connectivity index (χ1n) is 5.68. The largest absolute Gasteiger partial charge is 0.493 e. The predicted octanol–water partition coefficient (Wildman–Crippen LogP) is 1.63. The number of benzene rings is 1. The van der Waals surface area contributed by atoms with Crippen LogP contribution in [-0.4, -0.2) is 29.8 Å². The molecular formula is C13H13NO5. The molecule has 0 bridgehead atoms. The van der Waals surface area contributed by atoms with Crippen LogP contribution in [0.5, 0.6) is 11.5 Å². The number of rotatable bonds is 4. The van der Waals surface area contributed by atoms with Gasteiger partial charge in [0.1, 0.15) is 5.56 Å². The van der Waals surface area contributed by atoms with E-state index in [0.29, 0.717) is 29.0 Å². The Morgan fingerprint density at radius 3 is 2.63 bits per heavy atom. The van der Waals surface area contributed by atoms with Crippen molar-refractivity contribution in [3.05, 3.63) is 34.1 Å². The van der Waals surface area contributed by atoms with Crippen LogP contribution in [0.25, 0.3) is 10.9 Å². The number of fused-ring (bicyclic) bond motifs is 1. The molecule has 0 unspecified atom stereocenters. The zero-order valence-corrected chi connectivity index (χ0v) is 10.5. The molecule has 0 atom stereocenters. The second-order valence-electron chi connectivity index (χ2n) is 3.84. The highest BCUT2D eigenvalue weighted by Crippen LogP contribution is 2.31. The summed E-state index contributed by atoms with van der Waals surface area (Å²) in [6.07, 6.45) is 0. The third-order valence-corrected chi connectivity index (χ3v) is 2.66. The molecule has 6 nitrogen and oxygen atoms in total. The average molecular weight is 263 g/mol. The van der Waals surface area contributed by atoms with Crippen LogP contribution >= 0.6 is 0 Å². The SMILES string of the molecule is CCOc1cc2[nH]c(=O)c(C(=O)O)cc2cc1OC. The summed E-state index contributed by atoms with van der Waals surface area (Å²) in [5, 5.41) is 9.48. The Hall–Kier alpha value is -2.50. The molecule has 0 spiro atoms. The number of aromatic carboxylic acids is 1. The third kappa shape index (κ3) is 2.37. The second-order valence-corrected chi connectivity index (χ2v) is 3.84. The molecule has 1 aromatic heterocycles. The van der Waals surface area contributed by atoms with Crippen molar-refractivity contribution in [2.24, 2.45) is 0 Å². The van der Waals surface area contributed by atoms with E-state index in [1.807, 2.05) is 6.92 Å². The van der Waals surface area contributed by atoms with Gasteiger partial charge >= 0.3 is 5.97 Å². The van der Waals surface area contributed by atoms with Gasteiger partial charge in [-0.2, -0.15) is 0 Å². The number of carboxylic acids is 1. The lowest BCUT2D eigenvalue weighted by atomic mass is 10.1. The van der Waals surface area contributed by atoms with E-state index in [1.54, 1.807) is 12.1 Å². The Morgan fingerprint density at radius 1 is 1.32 bits per heavy atom. The first-order valence-corrected chi connectivity index (χ1v) is 5.68. The van der Waals surface area contributed by atoms with Gasteiger partial charge in [-0.3, -0.25) is 4.79 Å². The number of hydrogen-bond donors (Lipinski definition) is 2. The minimum absolute atomic E-state index is 0.307. The fraction of sp³-hybridized carbons (Fsp3) is 0.231. The van der Waals surface area contributed by atoms with Crippen LogP contribution in [0.4, 0.5) is 0 Å². The van der Waals surface area contributed by atoms with Gasteiger partial charge in [-0.1, -0.05) is 0 Å². The summed E-state index contributed by atoms with van der Waals surface area (Å²) in [5.74, 6) is -0.287. The van der Waals surface area contributed by atoms with Crippen LogP contribution in [0, 0.1) is 0 Å². The maximum Gasteiger partial charge on any atom is 0.341 e. The molecule has 0 saturated carbocycles. The number of nitrogens with one attached hydrogen (secondary N) is 1. The highest BCUT2D eigenvalue weighted by Gasteiger charge is 2.13. The molecule has 6 heteroatoms. The molecule has 19 heavy (non-hydrogen) atoms. The number of carboxylic acid groups (broad SMARTS) is 1. The van der Waals surface area contributed by atoms with Crippen molar-refractivity contribution in [1.29, 1.82) is 0 Å². The smallest absolute Gasteiger partial charge is 0.341 e. The van der Waals surface area contributed by atoms with E-state index in [9.17, 15) is 9.59 Å². The van der Waals surface area contributed by atoms with Gasteiger partial charge in [-0.05, 0) is 19.1 Å². The molecule has 2 rings (SSSR count). The minimum Gasteiger partial charge on any atom is -0.493 e. The van der Waals surface area contributed by atoms with Crippen LogP contribution in [0.1, 0.15) is 17.3 Å². The van der Waals surface area contributed by atoms with Gasteiger partial charge in [-0.15, -0.1) is 0 Å². The van der Waals surface area contributed by atoms with Crippen molar-refractivity contribution in [2.75, 3.05) is 13.7 Å². The summed E-state index contributed by atoms with van der Waals surface area (Å²) in [4.78, 5) is 25.0. The number of carbonyl (C=O) groups is 1. The first kappa shape index (κ1) is 12.9. The lowest BCUT2D eigenvalue weighted by Crippen LogP contribution is -2.17. The molecule has 0 radical (unpaired) electrons. The van der Waals surface area contributed by atoms with Crippen LogP contribution in [0.15, 0.2) is 23.0 Å². The lowest BCUT2D eigenvalue weighted by molar-refractivity contribution is 0.0695. The molecule has 0 amide bonds. The summed E-state index contributed by atoms with van der Waals surface area (Å²) < 4.78 is 10.6. The first-order chi connectivity index (χ1) is 9.06. The quantitative estimate of drug-likeness (QED) is 0.875. The van der Waals surface area contributed by atoms with Gasteiger partial charge in [0, 0.05) is 11.5 Å². The van der Waals surface area contributed by atoms with E-state index >= 15 is 0 Å². The lowest BCUT2D eigenvalue weighted by Gasteiger charge is -2.10. The zero-order valence-electron chi connectivity index (χ0n) is 10.5. The van der Waals surface area contributed by atoms with Crippen molar-refractivity contribution < 1.29 is 19.4 Å². The molecule has 1 aromatic carbocycles. The maximum atomic E-state index is 11.6. The van der Waals surface area contributed by atoms with E-state index in [-0.39, 0.29) is 5.56 Å². The van der Waals surface area contributed by atoms with Gasteiger partial charge in [0.2, 0.25) is 0 Å². The van der Waals surface area contributed by atoms with Gasteiger partial charge in [0.25, 0.3) is 5.56 Å². The summed E-state index contributed by atoms with van der Waals surface area (Å²) >= 11 is 0. The van der Waals surface area contributed by atoms with E-state index < -0.39 is 11.5 Å². The van der Waals surface area contributed by atoms with Crippen LogP contribution in [0.3, 0.4) is 0 Å². The molecular weight excluding hydrogens is 250 g/mol. The van der Waals surface area contributed by atoms with Crippen molar-refractivity contribution in [1.82, 2.24) is 4.98 Å². The monoisotopic (exact) mass is 263 g/mol. The number of aromatic amines is 1. The maximum absolute atomic E-state index is 11.6. The molecule has 0 aliphatic heterocycles. The van der Waals surface area contributed by atoms with Gasteiger partial charge in [0.05, 0.1) is 19.2 Å². The van der Waals surface area contributed by atoms with E-state index in [2.05, 4.69) is 4.98 Å². The minimum atomic E-state index is -1.27. The highest BCUT2D eigenvalue weighted by atomic mass is 16.5. The third-order valence-electron chi connectivity index (χ3n) is 2.66. The van der Waals surface area contributed by atoms with Crippen molar-refractivity contribution in [3.63, 3.8) is 0 Å². The number of ether oxygens (including phenoxy) is 2. The highest BCUT2D eigenvalue weighted by molar-refractivity contribution is 5.93. The number of methoxy groups -OCH3 is 1. The number of pyridine rings is 1. The Bertz CT molecular complexity index is 689. The van der Waals surface area contributed by atoms with E-state index in [0.717, 1.165) is 0 Å². The molecule has 2 N–H and O–H groups in total. The fourth-order valence-corrected chi connectivity index (χ4v) is 1.80. The van der Waals surface area contributed by atoms with Gasteiger partial charge < -0.3 is 19.6 Å². The molecule has 1 heterocycles. The van der Waals surface area contributed by atoms with Crippen LogP contribution < -0.4 is 15.0 Å². The van der Waals surface area contributed by atoms with Gasteiger partial charge in [-0.25, -0.2) is 4.79 Å². The normalized spacial score (nSPS) is 10.4. The summed E-state index contributed by atoms with van der Waals surface area (Å²) in [5.41, 5.74) is -0.453. The Labute approximate surface area is 108 Å². The Kier molecular flexibility index (Phi) is 3.41. The zero-order chi connectivity index (χ0) is 14.0. The number of H-pyrrole nitrogens is 1. The molecule has 0 saturated heterocycles. The Balaban J connectivity index is 2.71. The number of hydrogen-bond acceptors (Lipinski definition) is 4. The van der Waals surface area contributed by atoms with E-state index in [1.165, 1.54) is 13.2 Å². The van der Waals surface area contributed by atoms with Crippen molar-refractivity contribution in [2.45, 2.75) is 6.92 Å². The molecule has 0 aliphatic carbocycles. The standard InChI is InChI=1S/C13H13NO5/c1-3-19-11-6-9-7(5-10(11)18-2)4-8(13(16)17)12(15)14-9/h4-6H,3H2,1-2H3,(H,14,15)(H,16,17). The van der Waals surface area contributed by atoms with Crippen LogP contribution in [-0.2, 0) is 0 Å². The topological polar surface area (TPSA) is 88.6 Å². The van der Waals surface area contributed by atoms with Crippen LogP contribution in [0.2, 0.25) is 0 Å². The van der Waals surface area contributed by atoms with Gasteiger partial charge in [0.15, 0.2) is 11.5 Å². The summed E-state index contributed by atoms with van der Waals surface area (Å²) in [7, 11) is 1.49. The van der Waals surface area contributed by atoms with Crippen molar-refractivity contribution in [3.8, 4) is 11.5 Å². The molecule has 2 aromatic rings. The van der Waals surface area contributed by atoms with E-state index in [4.69, 9.17) is 14.6 Å². The Morgan fingerprint density at radius 2 is 2.05 bits per heavy atom. The second kappa shape index (κ2) is 5.01. The number of aromatic nitrogens is 1. The van der Waals surface area contributed by atoms with Crippen molar-refractivity contribution >= 4 is 16.9 Å². The molecule has 0 aliphatic rings.